The predicted octanol–water partition coefficient (Wildman–Crippen LogP) is 3.17. The minimum atomic E-state index is -4.29. The second-order valence-electron chi connectivity index (χ2n) is 2.02. The van der Waals surface area contributed by atoms with E-state index in [4.69, 9.17) is 0 Å². The molecule has 0 saturated heterocycles. The van der Waals surface area contributed by atoms with Crippen LogP contribution in [0.3, 0.4) is 0 Å². The first kappa shape index (κ1) is 13.4. The summed E-state index contributed by atoms with van der Waals surface area (Å²) in [6, 6.07) is 0. The van der Waals surface area contributed by atoms with Crippen LogP contribution in [-0.2, 0) is 13.6 Å². The Morgan fingerprint density at radius 3 is 1.92 bits per heavy atom. The van der Waals surface area contributed by atoms with Crippen LogP contribution in [-0.4, -0.2) is 24.5 Å². The number of hydrogen-bond acceptors (Lipinski definition) is 4. The second kappa shape index (κ2) is 5.29. The maximum Gasteiger partial charge on any atom is 0.410 e. The van der Waals surface area contributed by atoms with Crippen LogP contribution in [0.1, 0.15) is 13.8 Å². The van der Waals surface area contributed by atoms with Crippen molar-refractivity contribution in [3.8, 4) is 0 Å². The molecule has 0 amide bonds. The third-order valence-corrected chi connectivity index (χ3v) is 4.71. The van der Waals surface area contributed by atoms with E-state index in [1.54, 1.807) is 0 Å². The molecule has 0 saturated carbocycles. The summed E-state index contributed by atoms with van der Waals surface area (Å²) in [6.45, 7) is 2.85. The summed E-state index contributed by atoms with van der Waals surface area (Å²) in [4.78, 5) is -3.47. The van der Waals surface area contributed by atoms with Gasteiger partial charge < -0.3 is 9.05 Å². The standard InChI is InChI=1S/C6H13F2O3PS/c1-4-10-12(9,11-5-2)6(7,8)13-3/h4-5H2,1-3H3. The summed E-state index contributed by atoms with van der Waals surface area (Å²) in [5.41, 5.74) is 0. The minimum Gasteiger partial charge on any atom is -0.304 e. The van der Waals surface area contributed by atoms with Gasteiger partial charge in [0.1, 0.15) is 0 Å². The largest absolute Gasteiger partial charge is 0.410 e. The molecule has 7 heteroatoms. The molecule has 0 unspecified atom stereocenters. The molecular weight excluding hydrogens is 221 g/mol. The van der Waals surface area contributed by atoms with Crippen LogP contribution < -0.4 is 0 Å². The summed E-state index contributed by atoms with van der Waals surface area (Å²) in [5.74, 6) is 0. The molecule has 0 aromatic rings. The van der Waals surface area contributed by atoms with Crippen LogP contribution in [0, 0.1) is 0 Å². The van der Waals surface area contributed by atoms with Crippen molar-refractivity contribution >= 4 is 19.4 Å². The summed E-state index contributed by atoms with van der Waals surface area (Å²) in [6.07, 6.45) is 1.16. The molecule has 0 aliphatic carbocycles. The van der Waals surface area contributed by atoms with E-state index in [0.29, 0.717) is 0 Å². The first-order valence-corrected chi connectivity index (χ1v) is 6.52. The molecule has 0 atom stereocenters. The SMILES string of the molecule is CCOP(=O)(OCC)C(F)(F)SC. The lowest BCUT2D eigenvalue weighted by Crippen LogP contribution is -2.15. The highest BCUT2D eigenvalue weighted by Crippen LogP contribution is 2.65. The van der Waals surface area contributed by atoms with Gasteiger partial charge in [0.05, 0.1) is 13.2 Å². The summed E-state index contributed by atoms with van der Waals surface area (Å²) in [5, 5.41) is 0. The molecule has 3 nitrogen and oxygen atoms in total. The fraction of sp³-hybridized carbons (Fsp3) is 1.00. The molecule has 0 aliphatic rings. The van der Waals surface area contributed by atoms with Crippen molar-refractivity contribution in [3.63, 3.8) is 0 Å². The Kier molecular flexibility index (Phi) is 5.44. The maximum absolute atomic E-state index is 13.0. The van der Waals surface area contributed by atoms with E-state index in [1.165, 1.54) is 13.8 Å². The first-order chi connectivity index (χ1) is 5.93. The van der Waals surface area contributed by atoms with Crippen molar-refractivity contribution in [1.29, 1.82) is 0 Å². The Hall–Kier alpha value is 0.360. The Balaban J connectivity index is 4.67. The van der Waals surface area contributed by atoms with Gasteiger partial charge in [0.2, 0.25) is 0 Å². The topological polar surface area (TPSA) is 35.5 Å². The van der Waals surface area contributed by atoms with Crippen molar-refractivity contribution in [2.45, 2.75) is 18.8 Å². The highest BCUT2D eigenvalue weighted by atomic mass is 32.2. The highest BCUT2D eigenvalue weighted by Gasteiger charge is 2.52. The van der Waals surface area contributed by atoms with Crippen molar-refractivity contribution in [3.05, 3.63) is 0 Å². The molecule has 0 aromatic carbocycles. The predicted molar refractivity (Wildman–Crippen MR) is 49.3 cm³/mol. The van der Waals surface area contributed by atoms with Crippen molar-refractivity contribution in [2.24, 2.45) is 0 Å². The fourth-order valence-electron chi connectivity index (χ4n) is 0.639. The van der Waals surface area contributed by atoms with Crippen LogP contribution >= 0.6 is 19.4 Å². The van der Waals surface area contributed by atoms with Gasteiger partial charge in [-0.1, -0.05) is 11.8 Å². The quantitative estimate of drug-likeness (QED) is 0.661. The maximum atomic E-state index is 13.0. The van der Waals surface area contributed by atoms with E-state index in [-0.39, 0.29) is 25.0 Å². The molecule has 0 N–H and O–H groups in total. The van der Waals surface area contributed by atoms with Crippen LogP contribution in [0.2, 0.25) is 0 Å². The monoisotopic (exact) mass is 234 g/mol. The third kappa shape index (κ3) is 3.20. The van der Waals surface area contributed by atoms with E-state index < -0.39 is 12.6 Å². The third-order valence-electron chi connectivity index (χ3n) is 1.16. The van der Waals surface area contributed by atoms with Gasteiger partial charge in [-0.2, -0.15) is 8.78 Å². The molecule has 0 spiro atoms. The van der Waals surface area contributed by atoms with Gasteiger partial charge in [-0.25, -0.2) is 0 Å². The molecule has 0 heterocycles. The van der Waals surface area contributed by atoms with Gasteiger partial charge in [-0.3, -0.25) is 4.57 Å². The fourth-order valence-corrected chi connectivity index (χ4v) is 2.90. The van der Waals surface area contributed by atoms with E-state index in [2.05, 4.69) is 9.05 Å². The van der Waals surface area contributed by atoms with Gasteiger partial charge in [0.25, 0.3) is 0 Å². The Morgan fingerprint density at radius 1 is 1.31 bits per heavy atom. The Labute approximate surface area is 80.7 Å². The lowest BCUT2D eigenvalue weighted by atomic mass is 10.9. The average molecular weight is 234 g/mol. The molecule has 13 heavy (non-hydrogen) atoms. The average Bonchev–Trinajstić information content (AvgIpc) is 2.05. The van der Waals surface area contributed by atoms with E-state index in [0.717, 1.165) is 6.26 Å². The van der Waals surface area contributed by atoms with Crippen molar-refractivity contribution < 1.29 is 22.4 Å². The molecular formula is C6H13F2O3PS. The summed E-state index contributed by atoms with van der Waals surface area (Å²) < 4.78 is 46.5. The first-order valence-electron chi connectivity index (χ1n) is 3.75. The van der Waals surface area contributed by atoms with Gasteiger partial charge >= 0.3 is 12.6 Å². The Bertz CT molecular complexity index is 190. The second-order valence-corrected chi connectivity index (χ2v) is 5.32. The molecule has 0 aromatic heterocycles. The van der Waals surface area contributed by atoms with Gasteiger partial charge in [0, 0.05) is 0 Å². The number of alkyl halides is 2. The van der Waals surface area contributed by atoms with Gasteiger partial charge in [0.15, 0.2) is 0 Å². The van der Waals surface area contributed by atoms with Crippen LogP contribution in [0.4, 0.5) is 8.78 Å². The molecule has 0 bridgehead atoms. The number of halogens is 2. The van der Waals surface area contributed by atoms with Crippen LogP contribution in [0.5, 0.6) is 0 Å². The number of thioether (sulfide) groups is 1. The van der Waals surface area contributed by atoms with Crippen LogP contribution in [0.25, 0.3) is 0 Å². The van der Waals surface area contributed by atoms with E-state index >= 15 is 0 Å². The Morgan fingerprint density at radius 2 is 1.69 bits per heavy atom. The molecule has 80 valence electrons. The lowest BCUT2D eigenvalue weighted by molar-refractivity contribution is 0.112. The van der Waals surface area contributed by atoms with Gasteiger partial charge in [-0.05, 0) is 20.1 Å². The van der Waals surface area contributed by atoms with E-state index in [9.17, 15) is 13.3 Å². The van der Waals surface area contributed by atoms with Crippen molar-refractivity contribution in [2.75, 3.05) is 19.5 Å². The molecule has 0 fully saturated rings. The zero-order chi connectivity index (χ0) is 10.5. The summed E-state index contributed by atoms with van der Waals surface area (Å²) in [7, 11) is -4.29. The number of hydrogen-bond donors (Lipinski definition) is 0. The van der Waals surface area contributed by atoms with Crippen LogP contribution in [0.15, 0.2) is 0 Å². The molecule has 0 rings (SSSR count). The summed E-state index contributed by atoms with van der Waals surface area (Å²) >= 11 is 0.167. The lowest BCUT2D eigenvalue weighted by Gasteiger charge is -2.23. The zero-order valence-electron chi connectivity index (χ0n) is 7.75. The zero-order valence-corrected chi connectivity index (χ0v) is 9.46. The normalized spacial score (nSPS) is 13.3. The molecule has 0 radical (unpaired) electrons. The van der Waals surface area contributed by atoms with Gasteiger partial charge in [-0.15, -0.1) is 0 Å². The minimum absolute atomic E-state index is 0.0621. The smallest absolute Gasteiger partial charge is 0.304 e. The number of rotatable bonds is 6. The van der Waals surface area contributed by atoms with Crippen molar-refractivity contribution in [1.82, 2.24) is 0 Å². The molecule has 0 aliphatic heterocycles. The van der Waals surface area contributed by atoms with E-state index in [1.807, 2.05) is 0 Å². The highest BCUT2D eigenvalue weighted by molar-refractivity contribution is 8.05.